The number of ketones is 1. The molecule has 0 aliphatic rings. The van der Waals surface area contributed by atoms with E-state index < -0.39 is 0 Å². The average molecular weight is 365 g/mol. The number of benzene rings is 2. The number of methoxy groups -OCH3 is 3. The molecule has 0 aliphatic carbocycles. The van der Waals surface area contributed by atoms with Gasteiger partial charge in [-0.05, 0) is 54.5 Å². The van der Waals surface area contributed by atoms with E-state index in [0.29, 0.717) is 28.4 Å². The molecule has 2 aromatic carbocycles. The van der Waals surface area contributed by atoms with Crippen molar-refractivity contribution in [2.45, 2.75) is 6.92 Å². The van der Waals surface area contributed by atoms with Gasteiger partial charge < -0.3 is 18.8 Å². The van der Waals surface area contributed by atoms with Gasteiger partial charge in [0.1, 0.15) is 0 Å². The van der Waals surface area contributed by atoms with Crippen LogP contribution in [0.1, 0.15) is 22.8 Å². The molecule has 0 radical (unpaired) electrons. The van der Waals surface area contributed by atoms with Crippen molar-refractivity contribution < 1.29 is 19.0 Å². The first-order chi connectivity index (χ1) is 13.0. The largest absolute Gasteiger partial charge is 0.493 e. The van der Waals surface area contributed by atoms with Gasteiger partial charge in [0.25, 0.3) is 0 Å². The predicted molar refractivity (Wildman–Crippen MR) is 107 cm³/mol. The van der Waals surface area contributed by atoms with Crippen molar-refractivity contribution in [3.63, 3.8) is 0 Å². The summed E-state index contributed by atoms with van der Waals surface area (Å²) in [5.41, 5.74) is 3.24. The van der Waals surface area contributed by atoms with E-state index in [4.69, 9.17) is 14.2 Å². The van der Waals surface area contributed by atoms with Crippen LogP contribution in [-0.2, 0) is 7.05 Å². The minimum Gasteiger partial charge on any atom is -0.493 e. The van der Waals surface area contributed by atoms with Gasteiger partial charge in [0.2, 0.25) is 5.75 Å². The number of carbonyl (C=O) groups is 1. The number of rotatable bonds is 6. The standard InChI is InChI=1S/C22H23NO4/c1-14(10-15-6-7-18-16(11-15)8-9-23(18)2)21(24)17-12-19(25-3)22(27-5)20(13-17)26-4/h6-13H,1-5H3/b14-10+. The van der Waals surface area contributed by atoms with E-state index in [9.17, 15) is 4.79 Å². The second kappa shape index (κ2) is 7.58. The van der Waals surface area contributed by atoms with Crippen LogP contribution in [-0.4, -0.2) is 31.7 Å². The van der Waals surface area contributed by atoms with Crippen LogP contribution < -0.4 is 14.2 Å². The minimum atomic E-state index is -0.0950. The van der Waals surface area contributed by atoms with E-state index in [-0.39, 0.29) is 5.78 Å². The predicted octanol–water partition coefficient (Wildman–Crippen LogP) is 4.49. The maximum atomic E-state index is 12.9. The van der Waals surface area contributed by atoms with Gasteiger partial charge in [-0.15, -0.1) is 0 Å². The molecular weight excluding hydrogens is 342 g/mol. The molecule has 0 bridgehead atoms. The molecule has 5 nitrogen and oxygen atoms in total. The number of hydrogen-bond acceptors (Lipinski definition) is 4. The maximum Gasteiger partial charge on any atom is 0.203 e. The third kappa shape index (κ3) is 3.53. The lowest BCUT2D eigenvalue weighted by molar-refractivity contribution is 0.103. The van der Waals surface area contributed by atoms with Gasteiger partial charge >= 0.3 is 0 Å². The molecule has 5 heteroatoms. The molecular formula is C22H23NO4. The van der Waals surface area contributed by atoms with Gasteiger partial charge in [-0.1, -0.05) is 6.07 Å². The number of hydrogen-bond donors (Lipinski definition) is 0. The molecule has 0 saturated carbocycles. The third-order valence-corrected chi connectivity index (χ3v) is 4.58. The summed E-state index contributed by atoms with van der Waals surface area (Å²) in [4.78, 5) is 12.9. The fraction of sp³-hybridized carbons (Fsp3) is 0.227. The molecule has 0 fully saturated rings. The van der Waals surface area contributed by atoms with E-state index >= 15 is 0 Å². The quantitative estimate of drug-likeness (QED) is 0.477. The van der Waals surface area contributed by atoms with E-state index in [1.807, 2.05) is 25.4 Å². The van der Waals surface area contributed by atoms with Gasteiger partial charge in [-0.25, -0.2) is 0 Å². The Bertz CT molecular complexity index is 1000. The minimum absolute atomic E-state index is 0.0950. The van der Waals surface area contributed by atoms with Crippen molar-refractivity contribution in [2.24, 2.45) is 7.05 Å². The number of fused-ring (bicyclic) bond motifs is 1. The number of allylic oxidation sites excluding steroid dienone is 1. The molecule has 140 valence electrons. The zero-order valence-electron chi connectivity index (χ0n) is 16.2. The number of carbonyl (C=O) groups excluding carboxylic acids is 1. The summed E-state index contributed by atoms with van der Waals surface area (Å²) in [5.74, 6) is 1.28. The highest BCUT2D eigenvalue weighted by molar-refractivity contribution is 6.11. The highest BCUT2D eigenvalue weighted by Crippen LogP contribution is 2.38. The second-order valence-electron chi connectivity index (χ2n) is 6.32. The summed E-state index contributed by atoms with van der Waals surface area (Å²) in [5, 5.41) is 1.14. The monoisotopic (exact) mass is 365 g/mol. The smallest absolute Gasteiger partial charge is 0.203 e. The first-order valence-corrected chi connectivity index (χ1v) is 8.56. The molecule has 3 aromatic rings. The Hall–Kier alpha value is -3.21. The Morgan fingerprint density at radius 1 is 0.963 bits per heavy atom. The van der Waals surface area contributed by atoms with Crippen LogP contribution in [0.5, 0.6) is 17.2 Å². The third-order valence-electron chi connectivity index (χ3n) is 4.58. The summed E-state index contributed by atoms with van der Waals surface area (Å²) in [7, 11) is 6.61. The first kappa shape index (κ1) is 18.6. The lowest BCUT2D eigenvalue weighted by Gasteiger charge is -2.13. The molecule has 27 heavy (non-hydrogen) atoms. The Morgan fingerprint density at radius 2 is 1.63 bits per heavy atom. The molecule has 0 atom stereocenters. The van der Waals surface area contributed by atoms with E-state index in [1.54, 1.807) is 19.1 Å². The summed E-state index contributed by atoms with van der Waals surface area (Å²) in [6.07, 6.45) is 3.91. The van der Waals surface area contributed by atoms with E-state index in [2.05, 4.69) is 22.8 Å². The van der Waals surface area contributed by atoms with Crippen LogP contribution in [0.4, 0.5) is 0 Å². The molecule has 0 amide bonds. The van der Waals surface area contributed by atoms with E-state index in [1.165, 1.54) is 21.3 Å². The van der Waals surface area contributed by atoms with Crippen molar-refractivity contribution in [3.05, 3.63) is 59.3 Å². The number of aryl methyl sites for hydroxylation is 1. The van der Waals surface area contributed by atoms with Crippen molar-refractivity contribution in [3.8, 4) is 17.2 Å². The molecule has 0 N–H and O–H groups in total. The summed E-state index contributed by atoms with van der Waals surface area (Å²) < 4.78 is 18.1. The molecule has 0 saturated heterocycles. The fourth-order valence-electron chi connectivity index (χ4n) is 3.15. The molecule has 0 unspecified atom stereocenters. The average Bonchev–Trinajstić information content (AvgIpc) is 3.06. The molecule has 1 aromatic heterocycles. The van der Waals surface area contributed by atoms with Crippen LogP contribution >= 0.6 is 0 Å². The van der Waals surface area contributed by atoms with Crippen molar-refractivity contribution in [1.82, 2.24) is 4.57 Å². The zero-order chi connectivity index (χ0) is 19.6. The highest BCUT2D eigenvalue weighted by atomic mass is 16.5. The topological polar surface area (TPSA) is 49.7 Å². The van der Waals surface area contributed by atoms with Crippen molar-refractivity contribution >= 4 is 22.8 Å². The van der Waals surface area contributed by atoms with Gasteiger partial charge in [0.05, 0.1) is 21.3 Å². The normalized spacial score (nSPS) is 11.5. The molecule has 3 rings (SSSR count). The van der Waals surface area contributed by atoms with Crippen LogP contribution in [0.15, 0.2) is 48.2 Å². The summed E-state index contributed by atoms with van der Waals surface area (Å²) >= 11 is 0. The van der Waals surface area contributed by atoms with Crippen molar-refractivity contribution in [1.29, 1.82) is 0 Å². The van der Waals surface area contributed by atoms with Crippen molar-refractivity contribution in [2.75, 3.05) is 21.3 Å². The van der Waals surface area contributed by atoms with Crippen LogP contribution in [0.3, 0.4) is 0 Å². The Balaban J connectivity index is 1.97. The molecule has 1 heterocycles. The van der Waals surface area contributed by atoms with E-state index in [0.717, 1.165) is 16.5 Å². The number of ether oxygens (including phenoxy) is 3. The lowest BCUT2D eigenvalue weighted by atomic mass is 10.0. The number of Topliss-reactive ketones (excluding diaryl/α,β-unsaturated/α-hetero) is 1. The lowest BCUT2D eigenvalue weighted by Crippen LogP contribution is -2.04. The van der Waals surface area contributed by atoms with Crippen LogP contribution in [0.2, 0.25) is 0 Å². The van der Waals surface area contributed by atoms with Gasteiger partial charge in [0.15, 0.2) is 17.3 Å². The van der Waals surface area contributed by atoms with Crippen LogP contribution in [0.25, 0.3) is 17.0 Å². The first-order valence-electron chi connectivity index (χ1n) is 8.56. The summed E-state index contributed by atoms with van der Waals surface area (Å²) in [6, 6.07) is 11.5. The Kier molecular flexibility index (Phi) is 5.21. The molecule has 0 spiro atoms. The van der Waals surface area contributed by atoms with Gasteiger partial charge in [0, 0.05) is 29.7 Å². The van der Waals surface area contributed by atoms with Crippen LogP contribution in [0, 0.1) is 0 Å². The maximum absolute atomic E-state index is 12.9. The van der Waals surface area contributed by atoms with Gasteiger partial charge in [-0.3, -0.25) is 4.79 Å². The SMILES string of the molecule is COc1cc(C(=O)/C(C)=C/c2ccc3c(ccn3C)c2)cc(OC)c1OC. The highest BCUT2D eigenvalue weighted by Gasteiger charge is 2.18. The number of nitrogens with zero attached hydrogens (tertiary/aromatic N) is 1. The fourth-order valence-corrected chi connectivity index (χ4v) is 3.15. The van der Waals surface area contributed by atoms with Gasteiger partial charge in [-0.2, -0.15) is 0 Å². The zero-order valence-corrected chi connectivity index (χ0v) is 16.2. The molecule has 0 aliphatic heterocycles. The Morgan fingerprint density at radius 3 is 2.22 bits per heavy atom. The number of aromatic nitrogens is 1. The summed E-state index contributed by atoms with van der Waals surface area (Å²) in [6.45, 7) is 1.81. The Labute approximate surface area is 158 Å². The second-order valence-corrected chi connectivity index (χ2v) is 6.32.